The molecule has 1 aliphatic rings. The average Bonchev–Trinajstić information content (AvgIpc) is 2.79. The van der Waals surface area contributed by atoms with Crippen molar-refractivity contribution in [3.63, 3.8) is 0 Å². The second-order valence-corrected chi connectivity index (χ2v) is 5.08. The second kappa shape index (κ2) is 5.04. The first-order valence-corrected chi connectivity index (χ1v) is 6.23. The molecule has 2 unspecified atom stereocenters. The van der Waals surface area contributed by atoms with Crippen LogP contribution < -0.4 is 4.90 Å². The van der Waals surface area contributed by atoms with Crippen molar-refractivity contribution in [3.8, 4) is 0 Å². The van der Waals surface area contributed by atoms with Crippen molar-refractivity contribution in [1.82, 2.24) is 10.1 Å². The molecule has 1 aliphatic heterocycles. The third-order valence-corrected chi connectivity index (χ3v) is 3.41. The number of nitrogens with zero attached hydrogens (tertiary/aromatic N) is 3. The lowest BCUT2D eigenvalue weighted by Crippen LogP contribution is -2.44. The monoisotopic (exact) mass is 239 g/mol. The van der Waals surface area contributed by atoms with Crippen LogP contribution >= 0.6 is 0 Å². The molecule has 5 heteroatoms. The van der Waals surface area contributed by atoms with E-state index in [2.05, 4.69) is 35.8 Å². The molecule has 0 saturated carbocycles. The zero-order valence-corrected chi connectivity index (χ0v) is 11.0. The fraction of sp³-hybridized carbons (Fsp3) is 0.833. The molecule has 2 rings (SSSR count). The zero-order chi connectivity index (χ0) is 12.4. The highest BCUT2D eigenvalue weighted by molar-refractivity contribution is 5.27. The molecule has 1 aromatic heterocycles. The van der Waals surface area contributed by atoms with E-state index in [-0.39, 0.29) is 6.10 Å². The number of aromatic nitrogens is 2. The minimum absolute atomic E-state index is 0.248. The Kier molecular flexibility index (Phi) is 3.66. The molecular formula is C12H21N3O2. The maximum absolute atomic E-state index is 5.48. The van der Waals surface area contributed by atoms with Crippen LogP contribution in [0.25, 0.3) is 0 Å². The van der Waals surface area contributed by atoms with E-state index in [1.54, 1.807) is 7.11 Å². The van der Waals surface area contributed by atoms with Crippen LogP contribution in [0.5, 0.6) is 0 Å². The number of anilines is 1. The Labute approximate surface area is 102 Å². The topological polar surface area (TPSA) is 51.4 Å². The fourth-order valence-corrected chi connectivity index (χ4v) is 2.10. The van der Waals surface area contributed by atoms with E-state index in [1.165, 1.54) is 0 Å². The maximum Gasteiger partial charge on any atom is 0.324 e. The Morgan fingerprint density at radius 2 is 2.24 bits per heavy atom. The van der Waals surface area contributed by atoms with E-state index in [9.17, 15) is 0 Å². The Morgan fingerprint density at radius 1 is 1.47 bits per heavy atom. The average molecular weight is 239 g/mol. The van der Waals surface area contributed by atoms with Gasteiger partial charge in [-0.1, -0.05) is 25.9 Å². The predicted octanol–water partition coefficient (Wildman–Crippen LogP) is 2.05. The highest BCUT2D eigenvalue weighted by Crippen LogP contribution is 2.24. The van der Waals surface area contributed by atoms with Crippen molar-refractivity contribution in [1.29, 1.82) is 0 Å². The number of ether oxygens (including phenoxy) is 1. The lowest BCUT2D eigenvalue weighted by molar-refractivity contribution is 0.0483. The number of hydrogen-bond donors (Lipinski definition) is 0. The van der Waals surface area contributed by atoms with E-state index in [4.69, 9.17) is 9.26 Å². The van der Waals surface area contributed by atoms with Crippen molar-refractivity contribution in [2.75, 3.05) is 25.1 Å². The molecule has 1 aromatic rings. The van der Waals surface area contributed by atoms with Gasteiger partial charge in [0.1, 0.15) is 0 Å². The van der Waals surface area contributed by atoms with Gasteiger partial charge in [-0.3, -0.25) is 0 Å². The molecule has 1 saturated heterocycles. The molecule has 2 atom stereocenters. The molecule has 0 bridgehead atoms. The summed E-state index contributed by atoms with van der Waals surface area (Å²) in [6, 6.07) is 0.627. The van der Waals surface area contributed by atoms with Crippen molar-refractivity contribution in [2.45, 2.75) is 39.2 Å². The van der Waals surface area contributed by atoms with Gasteiger partial charge in [-0.25, -0.2) is 0 Å². The van der Waals surface area contributed by atoms with Crippen LogP contribution in [0.4, 0.5) is 6.01 Å². The third kappa shape index (κ3) is 2.60. The SMILES string of the molecule is COC1CN(c2nc(C(C)C)no2)CCC1C. The molecule has 96 valence electrons. The van der Waals surface area contributed by atoms with E-state index in [0.29, 0.717) is 17.9 Å². The van der Waals surface area contributed by atoms with Gasteiger partial charge in [-0.05, 0) is 12.3 Å². The molecule has 2 heterocycles. The largest absolute Gasteiger partial charge is 0.379 e. The highest BCUT2D eigenvalue weighted by atomic mass is 16.5. The summed E-state index contributed by atoms with van der Waals surface area (Å²) in [5.41, 5.74) is 0. The van der Waals surface area contributed by atoms with Gasteiger partial charge in [0, 0.05) is 26.1 Å². The molecule has 17 heavy (non-hydrogen) atoms. The Balaban J connectivity index is 2.06. The van der Waals surface area contributed by atoms with Crippen LogP contribution in [0, 0.1) is 5.92 Å². The van der Waals surface area contributed by atoms with Gasteiger partial charge in [0.25, 0.3) is 0 Å². The smallest absolute Gasteiger partial charge is 0.324 e. The summed E-state index contributed by atoms with van der Waals surface area (Å²) in [6.07, 6.45) is 1.34. The number of rotatable bonds is 3. The first kappa shape index (κ1) is 12.4. The van der Waals surface area contributed by atoms with Crippen LogP contribution in [0.2, 0.25) is 0 Å². The summed E-state index contributed by atoms with van der Waals surface area (Å²) in [6.45, 7) is 8.13. The lowest BCUT2D eigenvalue weighted by Gasteiger charge is -2.34. The Hall–Kier alpha value is -1.10. The van der Waals surface area contributed by atoms with Gasteiger partial charge in [0.15, 0.2) is 5.82 Å². The minimum Gasteiger partial charge on any atom is -0.379 e. The zero-order valence-electron chi connectivity index (χ0n) is 11.0. The summed E-state index contributed by atoms with van der Waals surface area (Å²) in [4.78, 5) is 6.54. The van der Waals surface area contributed by atoms with Gasteiger partial charge in [-0.2, -0.15) is 4.98 Å². The molecular weight excluding hydrogens is 218 g/mol. The fourth-order valence-electron chi connectivity index (χ4n) is 2.10. The van der Waals surface area contributed by atoms with Crippen LogP contribution in [0.3, 0.4) is 0 Å². The van der Waals surface area contributed by atoms with Gasteiger partial charge in [-0.15, -0.1) is 0 Å². The van der Waals surface area contributed by atoms with Gasteiger partial charge in [0.2, 0.25) is 0 Å². The summed E-state index contributed by atoms with van der Waals surface area (Å²) in [5, 5.41) is 3.99. The summed E-state index contributed by atoms with van der Waals surface area (Å²) in [7, 11) is 1.76. The molecule has 1 fully saturated rings. The minimum atomic E-state index is 0.248. The van der Waals surface area contributed by atoms with Crippen molar-refractivity contribution in [3.05, 3.63) is 5.82 Å². The molecule has 0 N–H and O–H groups in total. The highest BCUT2D eigenvalue weighted by Gasteiger charge is 2.28. The van der Waals surface area contributed by atoms with Crippen molar-refractivity contribution in [2.24, 2.45) is 5.92 Å². The summed E-state index contributed by atoms with van der Waals surface area (Å²) in [5.74, 6) is 1.66. The normalized spacial score (nSPS) is 25.6. The van der Waals surface area contributed by atoms with Crippen LogP contribution in [0.15, 0.2) is 4.52 Å². The molecule has 0 aliphatic carbocycles. The predicted molar refractivity (Wildman–Crippen MR) is 65.2 cm³/mol. The van der Waals surface area contributed by atoms with E-state index >= 15 is 0 Å². The van der Waals surface area contributed by atoms with Crippen LogP contribution in [-0.2, 0) is 4.74 Å². The summed E-state index contributed by atoms with van der Waals surface area (Å²) < 4.78 is 10.8. The standard InChI is InChI=1S/C12H21N3O2/c1-8(2)11-13-12(17-14-11)15-6-5-9(3)10(7-15)16-4/h8-10H,5-7H2,1-4H3. The lowest BCUT2D eigenvalue weighted by atomic mass is 9.96. The third-order valence-electron chi connectivity index (χ3n) is 3.41. The molecule has 0 spiro atoms. The van der Waals surface area contributed by atoms with Gasteiger partial charge in [0.05, 0.1) is 6.10 Å². The molecule has 0 aromatic carbocycles. The first-order chi connectivity index (χ1) is 8.11. The Morgan fingerprint density at radius 3 is 2.82 bits per heavy atom. The molecule has 0 amide bonds. The van der Waals surface area contributed by atoms with Crippen molar-refractivity contribution < 1.29 is 9.26 Å². The van der Waals surface area contributed by atoms with Crippen LogP contribution in [-0.4, -0.2) is 36.4 Å². The number of piperidine rings is 1. The summed E-state index contributed by atoms with van der Waals surface area (Å²) >= 11 is 0. The molecule has 5 nitrogen and oxygen atoms in total. The first-order valence-electron chi connectivity index (χ1n) is 6.23. The molecule has 0 radical (unpaired) electrons. The quantitative estimate of drug-likeness (QED) is 0.808. The van der Waals surface area contributed by atoms with Crippen molar-refractivity contribution >= 4 is 6.01 Å². The maximum atomic E-state index is 5.48. The van der Waals surface area contributed by atoms with E-state index < -0.39 is 0 Å². The number of methoxy groups -OCH3 is 1. The van der Waals surface area contributed by atoms with Gasteiger partial charge >= 0.3 is 6.01 Å². The Bertz CT molecular complexity index is 364. The van der Waals surface area contributed by atoms with Crippen LogP contribution in [0.1, 0.15) is 38.9 Å². The second-order valence-electron chi connectivity index (χ2n) is 5.08. The van der Waals surface area contributed by atoms with Gasteiger partial charge < -0.3 is 14.2 Å². The van der Waals surface area contributed by atoms with E-state index in [1.807, 2.05) is 0 Å². The number of hydrogen-bond acceptors (Lipinski definition) is 5. The van der Waals surface area contributed by atoms with E-state index in [0.717, 1.165) is 25.3 Å².